The van der Waals surface area contributed by atoms with Gasteiger partial charge >= 0.3 is 0 Å². The molecule has 0 bridgehead atoms. The number of carbonyl (C=O) groups is 1. The van der Waals surface area contributed by atoms with Gasteiger partial charge in [0.2, 0.25) is 0 Å². The molecule has 0 spiro atoms. The molecule has 0 amide bonds. The Morgan fingerprint density at radius 1 is 0.906 bits per heavy atom. The van der Waals surface area contributed by atoms with Crippen LogP contribution in [-0.4, -0.2) is 22.1 Å². The molecular formula is C29H50O3. The summed E-state index contributed by atoms with van der Waals surface area (Å²) in [4.78, 5) is 12.8. The highest BCUT2D eigenvalue weighted by atomic mass is 16.5. The molecule has 0 radical (unpaired) electrons. The molecule has 1 aliphatic heterocycles. The lowest BCUT2D eigenvalue weighted by Crippen LogP contribution is -2.45. The van der Waals surface area contributed by atoms with Crippen LogP contribution in [0.4, 0.5) is 0 Å². The summed E-state index contributed by atoms with van der Waals surface area (Å²) in [6, 6.07) is 0. The van der Waals surface area contributed by atoms with Crippen LogP contribution in [0.25, 0.3) is 0 Å². The molecule has 0 saturated heterocycles. The van der Waals surface area contributed by atoms with Crippen LogP contribution < -0.4 is 0 Å². The molecule has 0 aromatic rings. The van der Waals surface area contributed by atoms with Crippen molar-refractivity contribution in [2.24, 2.45) is 17.8 Å². The second kappa shape index (κ2) is 11.4. The minimum Gasteiger partial charge on any atom is -0.487 e. The maximum atomic E-state index is 12.8. The summed E-state index contributed by atoms with van der Waals surface area (Å²) in [6.07, 6.45) is 13.1. The van der Waals surface area contributed by atoms with Crippen LogP contribution in [0.1, 0.15) is 126 Å². The Kier molecular flexibility index (Phi) is 9.64. The summed E-state index contributed by atoms with van der Waals surface area (Å²) in [5.41, 5.74) is 0.742. The van der Waals surface area contributed by atoms with Crippen molar-refractivity contribution in [1.82, 2.24) is 0 Å². The van der Waals surface area contributed by atoms with Gasteiger partial charge in [0.15, 0.2) is 5.78 Å². The zero-order valence-corrected chi connectivity index (χ0v) is 22.3. The molecule has 3 nitrogen and oxygen atoms in total. The van der Waals surface area contributed by atoms with E-state index in [-0.39, 0.29) is 11.4 Å². The van der Waals surface area contributed by atoms with Crippen molar-refractivity contribution in [3.8, 4) is 0 Å². The van der Waals surface area contributed by atoms with Crippen molar-refractivity contribution in [2.45, 2.75) is 137 Å². The van der Waals surface area contributed by atoms with Crippen LogP contribution in [-0.2, 0) is 9.53 Å². The number of hydrogen-bond donors (Lipinski definition) is 1. The van der Waals surface area contributed by atoms with Gasteiger partial charge < -0.3 is 9.84 Å². The normalized spacial score (nSPS) is 28.1. The summed E-state index contributed by atoms with van der Waals surface area (Å²) >= 11 is 0. The van der Waals surface area contributed by atoms with Crippen molar-refractivity contribution >= 4 is 5.78 Å². The maximum Gasteiger partial charge on any atom is 0.197 e. The third-order valence-electron chi connectivity index (χ3n) is 8.15. The molecule has 184 valence electrons. The molecule has 1 aliphatic carbocycles. The van der Waals surface area contributed by atoms with Crippen LogP contribution in [0.3, 0.4) is 0 Å². The van der Waals surface area contributed by atoms with E-state index in [4.69, 9.17) is 4.74 Å². The van der Waals surface area contributed by atoms with Gasteiger partial charge in [0.1, 0.15) is 17.0 Å². The van der Waals surface area contributed by atoms with Gasteiger partial charge in [-0.15, -0.1) is 0 Å². The predicted octanol–water partition coefficient (Wildman–Crippen LogP) is 7.92. The number of ketones is 1. The average molecular weight is 447 g/mol. The summed E-state index contributed by atoms with van der Waals surface area (Å²) in [6.45, 7) is 17.1. The molecule has 0 aromatic heterocycles. The van der Waals surface area contributed by atoms with Gasteiger partial charge in [0.05, 0.1) is 0 Å². The highest BCUT2D eigenvalue weighted by molar-refractivity contribution is 6.06. The standard InChI is InChI=1S/C29H50O3/c1-20(2)12-9-13-21(3)14-10-15-22(4)16-11-18-28(7)19-17-25-26(32-28)23(5)24(6)29(8,31)27(25)30/h20-22,31H,9-19H2,1-8H3/t21-,22-,28-,29+/m1/s1. The molecule has 2 aliphatic rings. The molecule has 0 unspecified atom stereocenters. The molecule has 32 heavy (non-hydrogen) atoms. The van der Waals surface area contributed by atoms with Crippen LogP contribution in [0.15, 0.2) is 22.5 Å². The highest BCUT2D eigenvalue weighted by Crippen LogP contribution is 2.44. The van der Waals surface area contributed by atoms with Gasteiger partial charge in [-0.1, -0.05) is 72.6 Å². The second-order valence-corrected chi connectivity index (χ2v) is 11.9. The lowest BCUT2D eigenvalue weighted by Gasteiger charge is -2.42. The Bertz CT molecular complexity index is 712. The Morgan fingerprint density at radius 3 is 2.00 bits per heavy atom. The fourth-order valence-corrected chi connectivity index (χ4v) is 5.36. The number of aliphatic hydroxyl groups is 1. The van der Waals surface area contributed by atoms with E-state index >= 15 is 0 Å². The number of Topliss-reactive ketones (excluding diaryl/α,β-unsaturated/α-hetero) is 1. The third-order valence-corrected chi connectivity index (χ3v) is 8.15. The lowest BCUT2D eigenvalue weighted by atomic mass is 9.75. The molecule has 3 heteroatoms. The Morgan fingerprint density at radius 2 is 1.44 bits per heavy atom. The number of allylic oxidation sites excluding steroid dienone is 1. The zero-order chi connectivity index (χ0) is 24.1. The molecule has 0 saturated carbocycles. The number of carbonyl (C=O) groups excluding carboxylic acids is 1. The largest absolute Gasteiger partial charge is 0.487 e. The molecule has 4 atom stereocenters. The van der Waals surface area contributed by atoms with Gasteiger partial charge in [-0.3, -0.25) is 4.79 Å². The van der Waals surface area contributed by atoms with E-state index in [2.05, 4.69) is 34.6 Å². The molecular weight excluding hydrogens is 396 g/mol. The molecule has 0 aromatic carbocycles. The van der Waals surface area contributed by atoms with Crippen LogP contribution in [0.2, 0.25) is 0 Å². The number of rotatable bonds is 12. The van der Waals surface area contributed by atoms with Gasteiger partial charge in [-0.2, -0.15) is 0 Å². The van der Waals surface area contributed by atoms with E-state index in [9.17, 15) is 9.90 Å². The first-order valence-corrected chi connectivity index (χ1v) is 13.2. The molecule has 2 rings (SSSR count). The van der Waals surface area contributed by atoms with Gasteiger partial charge in [-0.05, 0) is 82.3 Å². The van der Waals surface area contributed by atoms with E-state index in [1.165, 1.54) is 44.9 Å². The topological polar surface area (TPSA) is 46.5 Å². The lowest BCUT2D eigenvalue weighted by molar-refractivity contribution is -0.130. The zero-order valence-electron chi connectivity index (χ0n) is 22.3. The molecule has 1 heterocycles. The van der Waals surface area contributed by atoms with E-state index < -0.39 is 5.60 Å². The van der Waals surface area contributed by atoms with E-state index in [0.717, 1.165) is 53.9 Å². The Balaban J connectivity index is 1.75. The quantitative estimate of drug-likeness (QED) is 0.331. The average Bonchev–Trinajstić information content (AvgIpc) is 2.70. The minimum absolute atomic E-state index is 0.176. The van der Waals surface area contributed by atoms with Crippen LogP contribution in [0.5, 0.6) is 0 Å². The Hall–Kier alpha value is -1.09. The second-order valence-electron chi connectivity index (χ2n) is 11.9. The predicted molar refractivity (Wildman–Crippen MR) is 134 cm³/mol. The van der Waals surface area contributed by atoms with Crippen LogP contribution in [0, 0.1) is 17.8 Å². The molecule has 0 fully saturated rings. The van der Waals surface area contributed by atoms with E-state index in [1.807, 2.05) is 13.8 Å². The first-order valence-electron chi connectivity index (χ1n) is 13.2. The van der Waals surface area contributed by atoms with Crippen molar-refractivity contribution in [3.05, 3.63) is 22.5 Å². The summed E-state index contributed by atoms with van der Waals surface area (Å²) in [5, 5.41) is 10.6. The Labute approximate surface area is 198 Å². The van der Waals surface area contributed by atoms with E-state index in [1.54, 1.807) is 6.92 Å². The monoisotopic (exact) mass is 446 g/mol. The van der Waals surface area contributed by atoms with Crippen molar-refractivity contribution in [1.29, 1.82) is 0 Å². The maximum absolute atomic E-state index is 12.8. The minimum atomic E-state index is -1.39. The van der Waals surface area contributed by atoms with E-state index in [0.29, 0.717) is 12.0 Å². The van der Waals surface area contributed by atoms with Crippen molar-refractivity contribution in [3.63, 3.8) is 0 Å². The highest BCUT2D eigenvalue weighted by Gasteiger charge is 2.45. The first kappa shape index (κ1) is 27.2. The van der Waals surface area contributed by atoms with Crippen molar-refractivity contribution < 1.29 is 14.6 Å². The summed E-state index contributed by atoms with van der Waals surface area (Å²) in [5.74, 6) is 3.02. The first-order chi connectivity index (χ1) is 14.9. The SMILES string of the molecule is CC1=C(C)[C@](C)(O)C(=O)C2=C1O[C@](C)(CCC[C@H](C)CCC[C@H](C)CCCC(C)C)CC2. The van der Waals surface area contributed by atoms with Gasteiger partial charge in [0, 0.05) is 5.57 Å². The summed E-state index contributed by atoms with van der Waals surface area (Å²) < 4.78 is 6.46. The molecule has 1 N–H and O–H groups in total. The van der Waals surface area contributed by atoms with Gasteiger partial charge in [-0.25, -0.2) is 0 Å². The smallest absolute Gasteiger partial charge is 0.197 e. The third kappa shape index (κ3) is 6.95. The number of ether oxygens (including phenoxy) is 1. The van der Waals surface area contributed by atoms with Crippen LogP contribution >= 0.6 is 0 Å². The number of hydrogen-bond acceptors (Lipinski definition) is 3. The van der Waals surface area contributed by atoms with Gasteiger partial charge in [0.25, 0.3) is 0 Å². The fourth-order valence-electron chi connectivity index (χ4n) is 5.36. The summed E-state index contributed by atoms with van der Waals surface area (Å²) in [7, 11) is 0. The fraction of sp³-hybridized carbons (Fsp3) is 0.828. The van der Waals surface area contributed by atoms with Crippen molar-refractivity contribution in [2.75, 3.05) is 0 Å².